The topological polar surface area (TPSA) is 24.5 Å². The van der Waals surface area contributed by atoms with Gasteiger partial charge in [0.1, 0.15) is 0 Å². The summed E-state index contributed by atoms with van der Waals surface area (Å²) >= 11 is 0. The van der Waals surface area contributed by atoms with E-state index in [0.717, 1.165) is 19.1 Å². The molecule has 1 saturated heterocycles. The fourth-order valence-corrected chi connectivity index (χ4v) is 4.12. The van der Waals surface area contributed by atoms with Gasteiger partial charge in [0.05, 0.1) is 0 Å². The second-order valence-corrected chi connectivity index (χ2v) is 7.85. The predicted octanol–water partition coefficient (Wildman–Crippen LogP) is 3.29. The molecule has 0 aromatic heterocycles. The third-order valence-corrected chi connectivity index (χ3v) is 5.32. The third-order valence-electron chi connectivity index (χ3n) is 5.32. The van der Waals surface area contributed by atoms with E-state index in [2.05, 4.69) is 31.1 Å². The van der Waals surface area contributed by atoms with Crippen LogP contribution in [0, 0.1) is 11.3 Å². The molecule has 0 aromatic carbocycles. The van der Waals surface area contributed by atoms with E-state index >= 15 is 0 Å². The lowest BCUT2D eigenvalue weighted by atomic mass is 9.73. The first-order chi connectivity index (χ1) is 10.1. The van der Waals surface area contributed by atoms with Crippen molar-refractivity contribution in [3.8, 4) is 0 Å². The van der Waals surface area contributed by atoms with Crippen LogP contribution < -0.4 is 5.32 Å². The van der Waals surface area contributed by atoms with Crippen LogP contribution in [0.4, 0.5) is 0 Å². The van der Waals surface area contributed by atoms with Crippen molar-refractivity contribution >= 4 is 0 Å². The van der Waals surface area contributed by atoms with Crippen molar-refractivity contribution in [2.75, 3.05) is 39.9 Å². The van der Waals surface area contributed by atoms with Crippen LogP contribution in [0.25, 0.3) is 0 Å². The van der Waals surface area contributed by atoms with E-state index in [1.807, 2.05) is 0 Å². The van der Waals surface area contributed by atoms with Gasteiger partial charge in [-0.3, -0.25) is 0 Å². The average Bonchev–Trinajstić information content (AvgIpc) is 2.47. The molecule has 3 heteroatoms. The zero-order valence-electron chi connectivity index (χ0n) is 14.5. The summed E-state index contributed by atoms with van der Waals surface area (Å²) in [6, 6.07) is 0.601. The van der Waals surface area contributed by atoms with Gasteiger partial charge in [-0.25, -0.2) is 0 Å². The summed E-state index contributed by atoms with van der Waals surface area (Å²) in [6.07, 6.45) is 9.60. The van der Waals surface area contributed by atoms with E-state index in [1.54, 1.807) is 0 Å². The Hall–Kier alpha value is -0.120. The van der Waals surface area contributed by atoms with Gasteiger partial charge in [-0.05, 0) is 44.1 Å². The molecule has 1 aliphatic heterocycles. The summed E-state index contributed by atoms with van der Waals surface area (Å²) in [5.74, 6) is 0.849. The van der Waals surface area contributed by atoms with E-state index in [1.165, 1.54) is 64.6 Å². The van der Waals surface area contributed by atoms with Crippen LogP contribution in [0.1, 0.15) is 58.8 Å². The number of nitrogens with zero attached hydrogens (tertiary/aromatic N) is 1. The molecule has 1 aliphatic carbocycles. The van der Waals surface area contributed by atoms with Crippen LogP contribution in [-0.2, 0) is 4.74 Å². The molecule has 21 heavy (non-hydrogen) atoms. The quantitative estimate of drug-likeness (QED) is 0.780. The van der Waals surface area contributed by atoms with Gasteiger partial charge in [-0.1, -0.05) is 33.1 Å². The highest BCUT2D eigenvalue weighted by molar-refractivity contribution is 4.88. The minimum Gasteiger partial charge on any atom is -0.381 e. The molecule has 0 radical (unpaired) electrons. The number of nitrogens with one attached hydrogen (secondary N) is 1. The second-order valence-electron chi connectivity index (χ2n) is 7.85. The van der Waals surface area contributed by atoms with Crippen molar-refractivity contribution < 1.29 is 4.74 Å². The van der Waals surface area contributed by atoms with Gasteiger partial charge in [0.15, 0.2) is 0 Å². The lowest BCUT2D eigenvalue weighted by molar-refractivity contribution is 0.0443. The SMILES string of the molecule is CC(C)NCC1(CN(C)CC2CCOCC2)CCCCC1. The van der Waals surface area contributed by atoms with Crippen molar-refractivity contribution in [1.29, 1.82) is 0 Å². The van der Waals surface area contributed by atoms with Gasteiger partial charge >= 0.3 is 0 Å². The van der Waals surface area contributed by atoms with Crippen LogP contribution in [0.2, 0.25) is 0 Å². The lowest BCUT2D eigenvalue weighted by Gasteiger charge is -2.42. The summed E-state index contributed by atoms with van der Waals surface area (Å²) in [4.78, 5) is 2.61. The summed E-state index contributed by atoms with van der Waals surface area (Å²) < 4.78 is 5.49. The largest absolute Gasteiger partial charge is 0.381 e. The molecule has 2 fully saturated rings. The van der Waals surface area contributed by atoms with Crippen molar-refractivity contribution in [2.45, 2.75) is 64.8 Å². The molecular formula is C18H36N2O. The monoisotopic (exact) mass is 296 g/mol. The Labute approximate surface area is 131 Å². The van der Waals surface area contributed by atoms with E-state index in [9.17, 15) is 0 Å². The second kappa shape index (κ2) is 8.50. The maximum Gasteiger partial charge on any atom is 0.0469 e. The molecule has 2 aliphatic rings. The molecule has 0 spiro atoms. The van der Waals surface area contributed by atoms with Crippen molar-refractivity contribution in [3.63, 3.8) is 0 Å². The maximum absolute atomic E-state index is 5.49. The molecule has 0 bridgehead atoms. The van der Waals surface area contributed by atoms with E-state index in [-0.39, 0.29) is 0 Å². The highest BCUT2D eigenvalue weighted by Gasteiger charge is 2.33. The first-order valence-electron chi connectivity index (χ1n) is 9.09. The van der Waals surface area contributed by atoms with Gasteiger partial charge in [-0.15, -0.1) is 0 Å². The normalized spacial score (nSPS) is 23.9. The van der Waals surface area contributed by atoms with Gasteiger partial charge in [0.25, 0.3) is 0 Å². The molecule has 0 unspecified atom stereocenters. The zero-order chi connectivity index (χ0) is 15.1. The molecular weight excluding hydrogens is 260 g/mol. The van der Waals surface area contributed by atoms with Crippen LogP contribution in [0.15, 0.2) is 0 Å². The molecule has 1 saturated carbocycles. The van der Waals surface area contributed by atoms with Crippen LogP contribution in [0.5, 0.6) is 0 Å². The number of rotatable bonds is 7. The van der Waals surface area contributed by atoms with Gasteiger partial charge in [0, 0.05) is 38.9 Å². The Bertz CT molecular complexity index is 281. The molecule has 1 heterocycles. The fraction of sp³-hybridized carbons (Fsp3) is 1.00. The lowest BCUT2D eigenvalue weighted by Crippen LogP contribution is -2.47. The molecule has 1 N–H and O–H groups in total. The molecule has 3 nitrogen and oxygen atoms in total. The molecule has 0 aromatic rings. The first kappa shape index (κ1) is 17.2. The minimum atomic E-state index is 0.516. The van der Waals surface area contributed by atoms with E-state index in [0.29, 0.717) is 11.5 Å². The Kier molecular flexibility index (Phi) is 6.97. The third kappa shape index (κ3) is 5.88. The summed E-state index contributed by atoms with van der Waals surface area (Å²) in [6.45, 7) is 10.2. The highest BCUT2D eigenvalue weighted by atomic mass is 16.5. The zero-order valence-corrected chi connectivity index (χ0v) is 14.5. The summed E-state index contributed by atoms with van der Waals surface area (Å²) in [5.41, 5.74) is 0.516. The van der Waals surface area contributed by atoms with Crippen molar-refractivity contribution in [3.05, 3.63) is 0 Å². The van der Waals surface area contributed by atoms with Crippen LogP contribution >= 0.6 is 0 Å². The first-order valence-corrected chi connectivity index (χ1v) is 9.09. The highest BCUT2D eigenvalue weighted by Crippen LogP contribution is 2.36. The number of ether oxygens (including phenoxy) is 1. The van der Waals surface area contributed by atoms with E-state index < -0.39 is 0 Å². The Morgan fingerprint density at radius 1 is 1.14 bits per heavy atom. The Morgan fingerprint density at radius 2 is 1.81 bits per heavy atom. The van der Waals surface area contributed by atoms with Gasteiger partial charge in [0.2, 0.25) is 0 Å². The van der Waals surface area contributed by atoms with Crippen LogP contribution in [-0.4, -0.2) is 50.8 Å². The van der Waals surface area contributed by atoms with Crippen molar-refractivity contribution in [2.24, 2.45) is 11.3 Å². The molecule has 0 atom stereocenters. The Balaban J connectivity index is 1.84. The maximum atomic E-state index is 5.49. The van der Waals surface area contributed by atoms with Crippen LogP contribution in [0.3, 0.4) is 0 Å². The summed E-state index contributed by atoms with van der Waals surface area (Å²) in [7, 11) is 2.33. The molecule has 124 valence electrons. The number of hydrogen-bond acceptors (Lipinski definition) is 3. The summed E-state index contributed by atoms with van der Waals surface area (Å²) in [5, 5.41) is 3.72. The smallest absolute Gasteiger partial charge is 0.0469 e. The molecule has 2 rings (SSSR count). The number of hydrogen-bond donors (Lipinski definition) is 1. The molecule has 0 amide bonds. The van der Waals surface area contributed by atoms with Gasteiger partial charge < -0.3 is 15.0 Å². The van der Waals surface area contributed by atoms with E-state index in [4.69, 9.17) is 4.74 Å². The Morgan fingerprint density at radius 3 is 2.43 bits per heavy atom. The minimum absolute atomic E-state index is 0.516. The standard InChI is InChI=1S/C18H36N2O/c1-16(2)19-14-18(9-5-4-6-10-18)15-20(3)13-17-7-11-21-12-8-17/h16-17,19H,4-15H2,1-3H3. The fourth-order valence-electron chi connectivity index (χ4n) is 4.12. The predicted molar refractivity (Wildman–Crippen MR) is 89.7 cm³/mol. The average molecular weight is 296 g/mol. The van der Waals surface area contributed by atoms with Crippen molar-refractivity contribution in [1.82, 2.24) is 10.2 Å². The van der Waals surface area contributed by atoms with Gasteiger partial charge in [-0.2, -0.15) is 0 Å².